The van der Waals surface area contributed by atoms with Crippen molar-refractivity contribution < 1.29 is 27.9 Å². The Hall–Kier alpha value is -3.07. The highest BCUT2D eigenvalue weighted by molar-refractivity contribution is 6.17. The van der Waals surface area contributed by atoms with Gasteiger partial charge in [-0.2, -0.15) is 0 Å². The lowest BCUT2D eigenvalue weighted by Gasteiger charge is -2.25. The van der Waals surface area contributed by atoms with Gasteiger partial charge in [-0.25, -0.2) is 8.78 Å². The van der Waals surface area contributed by atoms with Gasteiger partial charge in [0.1, 0.15) is 23.2 Å². The molecule has 1 aliphatic rings. The number of fused-ring (bicyclic) bond motifs is 1. The quantitative estimate of drug-likeness (QED) is 0.482. The summed E-state index contributed by atoms with van der Waals surface area (Å²) >= 11 is 5.64. The maximum atomic E-state index is 14.7. The molecule has 3 rings (SSSR count). The fraction of sp³-hybridized carbons (Fsp3) is 0.391. The van der Waals surface area contributed by atoms with Crippen molar-refractivity contribution in [3.8, 4) is 11.3 Å². The molecular weight excluding hydrogens is 456 g/mol. The number of aromatic nitrogens is 1. The minimum Gasteiger partial charge on any atom is -0.460 e. The van der Waals surface area contributed by atoms with Crippen LogP contribution in [0, 0.1) is 11.6 Å². The molecule has 0 saturated heterocycles. The predicted octanol–water partition coefficient (Wildman–Crippen LogP) is 3.70. The largest absolute Gasteiger partial charge is 0.460 e. The van der Waals surface area contributed by atoms with E-state index in [9.17, 15) is 23.2 Å². The highest BCUT2D eigenvalue weighted by Crippen LogP contribution is 2.32. The molecular formula is C23H24ClF2N3O4. The van der Waals surface area contributed by atoms with Crippen LogP contribution in [0.2, 0.25) is 0 Å². The average molecular weight is 480 g/mol. The van der Waals surface area contributed by atoms with Crippen LogP contribution in [0.3, 0.4) is 0 Å². The summed E-state index contributed by atoms with van der Waals surface area (Å²) in [4.78, 5) is 42.2. The zero-order valence-corrected chi connectivity index (χ0v) is 19.2. The van der Waals surface area contributed by atoms with Crippen LogP contribution in [0.25, 0.3) is 11.3 Å². The van der Waals surface area contributed by atoms with Gasteiger partial charge in [0.15, 0.2) is 5.82 Å². The molecule has 2 aromatic rings. The van der Waals surface area contributed by atoms with E-state index >= 15 is 0 Å². The number of alkyl halides is 1. The lowest BCUT2D eigenvalue weighted by Crippen LogP contribution is -2.45. The molecule has 176 valence electrons. The van der Waals surface area contributed by atoms with Crippen LogP contribution < -0.4 is 5.73 Å². The number of esters is 1. The van der Waals surface area contributed by atoms with Gasteiger partial charge in [-0.05, 0) is 44.9 Å². The van der Waals surface area contributed by atoms with E-state index < -0.39 is 41.1 Å². The van der Waals surface area contributed by atoms with Gasteiger partial charge >= 0.3 is 5.97 Å². The maximum Gasteiger partial charge on any atom is 0.306 e. The first kappa shape index (κ1) is 24.6. The molecule has 0 aliphatic carbocycles. The Bertz CT molecular complexity index is 1120. The number of carbonyl (C=O) groups is 3. The Labute approximate surface area is 194 Å². The number of nitrogens with zero attached hydrogens (tertiary/aromatic N) is 2. The van der Waals surface area contributed by atoms with Gasteiger partial charge in [-0.1, -0.05) is 6.07 Å². The van der Waals surface area contributed by atoms with Crippen LogP contribution in [0.5, 0.6) is 0 Å². The second-order valence-electron chi connectivity index (χ2n) is 8.73. The predicted molar refractivity (Wildman–Crippen MR) is 117 cm³/mol. The molecule has 0 fully saturated rings. The molecule has 1 aliphatic heterocycles. The minimum absolute atomic E-state index is 0.00403. The summed E-state index contributed by atoms with van der Waals surface area (Å²) in [5.41, 5.74) is 5.63. The van der Waals surface area contributed by atoms with E-state index in [2.05, 4.69) is 4.98 Å². The van der Waals surface area contributed by atoms with Gasteiger partial charge < -0.3 is 15.4 Å². The second kappa shape index (κ2) is 9.43. The molecule has 2 N–H and O–H groups in total. The molecule has 1 unspecified atom stereocenters. The summed E-state index contributed by atoms with van der Waals surface area (Å²) in [6.07, 6.45) is 0.798. The Morgan fingerprint density at radius 1 is 1.30 bits per heavy atom. The zero-order chi connectivity index (χ0) is 24.5. The fourth-order valence-corrected chi connectivity index (χ4v) is 3.91. The number of halogens is 3. The number of pyridine rings is 1. The molecule has 1 aromatic carbocycles. The van der Waals surface area contributed by atoms with Crippen LogP contribution in [0.1, 0.15) is 55.1 Å². The van der Waals surface area contributed by atoms with E-state index in [1.807, 2.05) is 0 Å². The van der Waals surface area contributed by atoms with Crippen LogP contribution >= 0.6 is 11.6 Å². The van der Waals surface area contributed by atoms with Crippen molar-refractivity contribution in [2.24, 2.45) is 5.73 Å². The highest BCUT2D eigenvalue weighted by Gasteiger charge is 2.36. The van der Waals surface area contributed by atoms with Crippen LogP contribution in [-0.2, 0) is 26.8 Å². The fourth-order valence-electron chi connectivity index (χ4n) is 3.67. The first-order valence-corrected chi connectivity index (χ1v) is 10.8. The number of primary amides is 1. The molecule has 1 atom stereocenters. The Balaban J connectivity index is 1.83. The summed E-state index contributed by atoms with van der Waals surface area (Å²) in [5, 5.41) is 0. The van der Waals surface area contributed by atoms with Crippen LogP contribution in [0.4, 0.5) is 8.78 Å². The number of amides is 2. The SMILES string of the molecule is CC(C)(C)OC(=O)CCC(C(N)=O)N1Cc2cc(-c3ncc(F)c(CCl)c3F)ccc2C1=O. The summed E-state index contributed by atoms with van der Waals surface area (Å²) in [5.74, 6) is -3.77. The molecule has 0 saturated carbocycles. The van der Waals surface area contributed by atoms with E-state index in [0.717, 1.165) is 6.20 Å². The number of benzene rings is 1. The van der Waals surface area contributed by atoms with E-state index in [-0.39, 0.29) is 36.5 Å². The molecule has 2 heterocycles. The Kier molecular flexibility index (Phi) is 7.02. The number of rotatable bonds is 7. The van der Waals surface area contributed by atoms with Crippen molar-refractivity contribution in [3.63, 3.8) is 0 Å². The first-order valence-electron chi connectivity index (χ1n) is 10.3. The summed E-state index contributed by atoms with van der Waals surface area (Å²) in [6.45, 7) is 5.21. The van der Waals surface area contributed by atoms with Gasteiger partial charge in [0.2, 0.25) is 5.91 Å². The minimum atomic E-state index is -1.02. The molecule has 10 heteroatoms. The van der Waals surface area contributed by atoms with Crippen molar-refractivity contribution in [1.82, 2.24) is 9.88 Å². The van der Waals surface area contributed by atoms with Crippen molar-refractivity contribution in [2.45, 2.75) is 57.7 Å². The lowest BCUT2D eigenvalue weighted by molar-refractivity contribution is -0.155. The Morgan fingerprint density at radius 3 is 2.61 bits per heavy atom. The standard InChI is InChI=1S/C23H24ClF2N3O4/c1-23(2,3)33-18(30)7-6-17(21(27)31)29-11-13-8-12(4-5-14(13)22(29)32)20-19(26)15(9-24)16(25)10-28-20/h4-5,8,10,17H,6-7,9,11H2,1-3H3,(H2,27,31). The normalized spacial score (nSPS) is 14.2. The second-order valence-corrected chi connectivity index (χ2v) is 9.00. The zero-order valence-electron chi connectivity index (χ0n) is 18.5. The molecule has 0 spiro atoms. The van der Waals surface area contributed by atoms with Crippen molar-refractivity contribution in [1.29, 1.82) is 0 Å². The van der Waals surface area contributed by atoms with Gasteiger partial charge in [0.05, 0.1) is 12.1 Å². The lowest BCUT2D eigenvalue weighted by atomic mass is 10.0. The summed E-state index contributed by atoms with van der Waals surface area (Å²) < 4.78 is 33.7. The molecule has 1 aromatic heterocycles. The number of hydrogen-bond donors (Lipinski definition) is 1. The third-order valence-corrected chi connectivity index (χ3v) is 5.43. The number of carbonyl (C=O) groups excluding carboxylic acids is 3. The number of ether oxygens (including phenoxy) is 1. The summed E-state index contributed by atoms with van der Waals surface area (Å²) in [7, 11) is 0. The average Bonchev–Trinajstić information content (AvgIpc) is 3.02. The van der Waals surface area contributed by atoms with Crippen molar-refractivity contribution in [3.05, 3.63) is 52.7 Å². The van der Waals surface area contributed by atoms with E-state index in [0.29, 0.717) is 16.7 Å². The van der Waals surface area contributed by atoms with Crippen molar-refractivity contribution >= 4 is 29.4 Å². The van der Waals surface area contributed by atoms with Crippen LogP contribution in [0.15, 0.2) is 24.4 Å². The highest BCUT2D eigenvalue weighted by atomic mass is 35.5. The van der Waals surface area contributed by atoms with E-state index in [4.69, 9.17) is 22.1 Å². The first-order chi connectivity index (χ1) is 15.4. The molecule has 0 radical (unpaired) electrons. The molecule has 0 bridgehead atoms. The van der Waals surface area contributed by atoms with Crippen molar-refractivity contribution in [2.75, 3.05) is 0 Å². The number of hydrogen-bond acceptors (Lipinski definition) is 5. The van der Waals surface area contributed by atoms with Gasteiger partial charge in [0, 0.05) is 29.7 Å². The third kappa shape index (κ3) is 5.30. The Morgan fingerprint density at radius 2 is 2.00 bits per heavy atom. The molecule has 2 amide bonds. The smallest absolute Gasteiger partial charge is 0.306 e. The number of nitrogens with two attached hydrogens (primary N) is 1. The van der Waals surface area contributed by atoms with E-state index in [1.165, 1.54) is 17.0 Å². The maximum absolute atomic E-state index is 14.7. The third-order valence-electron chi connectivity index (χ3n) is 5.16. The van der Waals surface area contributed by atoms with Crippen LogP contribution in [-0.4, -0.2) is 39.3 Å². The monoisotopic (exact) mass is 479 g/mol. The summed E-state index contributed by atoms with van der Waals surface area (Å²) in [6, 6.07) is 3.51. The van der Waals surface area contributed by atoms with E-state index in [1.54, 1.807) is 26.8 Å². The molecule has 33 heavy (non-hydrogen) atoms. The van der Waals surface area contributed by atoms with Gasteiger partial charge in [-0.3, -0.25) is 19.4 Å². The molecule has 7 nitrogen and oxygen atoms in total. The van der Waals surface area contributed by atoms with Gasteiger partial charge in [-0.15, -0.1) is 11.6 Å². The topological polar surface area (TPSA) is 103 Å². The van der Waals surface area contributed by atoms with Gasteiger partial charge in [0.25, 0.3) is 5.91 Å².